The third kappa shape index (κ3) is 4.54. The zero-order valence-corrected chi connectivity index (χ0v) is 16.9. The van der Waals surface area contributed by atoms with Gasteiger partial charge in [-0.15, -0.1) is 11.3 Å². The van der Waals surface area contributed by atoms with Crippen LogP contribution in [0.15, 0.2) is 35.3 Å². The number of rotatable bonds is 7. The Balaban J connectivity index is 1.97. The topological polar surface area (TPSA) is 52.8 Å². The summed E-state index contributed by atoms with van der Waals surface area (Å²) in [6, 6.07) is 9.56. The summed E-state index contributed by atoms with van der Waals surface area (Å²) in [7, 11) is 1.66. The number of aromatic nitrogens is 1. The van der Waals surface area contributed by atoms with Crippen molar-refractivity contribution in [2.24, 2.45) is 4.99 Å². The van der Waals surface area contributed by atoms with E-state index in [9.17, 15) is 4.79 Å². The highest BCUT2D eigenvalue weighted by atomic mass is 35.5. The van der Waals surface area contributed by atoms with E-state index in [1.54, 1.807) is 13.2 Å². The Kier molecular flexibility index (Phi) is 6.48. The van der Waals surface area contributed by atoms with Gasteiger partial charge in [-0.05, 0) is 37.3 Å². The summed E-state index contributed by atoms with van der Waals surface area (Å²) in [4.78, 5) is 18.3. The minimum Gasteiger partial charge on any atom is -0.494 e. The standard InChI is InChI=1S/C18H19ClN2O3S2/c1-3-24-12-4-6-14-15(10-12)26-18(21(14)8-9-23-2)20-17(22)11-13-5-7-16(19)25-13/h4-7,10H,3,8-9,11H2,1-2H3. The Labute approximate surface area is 164 Å². The molecule has 0 fully saturated rings. The molecule has 8 heteroatoms. The van der Waals surface area contributed by atoms with Crippen molar-refractivity contribution >= 4 is 50.4 Å². The van der Waals surface area contributed by atoms with E-state index in [1.165, 1.54) is 22.7 Å². The number of amides is 1. The van der Waals surface area contributed by atoms with Gasteiger partial charge in [0.2, 0.25) is 0 Å². The Morgan fingerprint density at radius 2 is 2.12 bits per heavy atom. The Morgan fingerprint density at radius 1 is 1.27 bits per heavy atom. The average Bonchev–Trinajstić information content (AvgIpc) is 3.15. The van der Waals surface area contributed by atoms with Gasteiger partial charge >= 0.3 is 0 Å². The lowest BCUT2D eigenvalue weighted by Crippen LogP contribution is -2.19. The minimum atomic E-state index is -0.189. The van der Waals surface area contributed by atoms with Crippen LogP contribution in [0.2, 0.25) is 4.34 Å². The molecule has 5 nitrogen and oxygen atoms in total. The van der Waals surface area contributed by atoms with Gasteiger partial charge < -0.3 is 14.0 Å². The van der Waals surface area contributed by atoms with Crippen molar-refractivity contribution in [2.75, 3.05) is 20.3 Å². The van der Waals surface area contributed by atoms with Crippen LogP contribution >= 0.6 is 34.3 Å². The predicted octanol–water partition coefficient (Wildman–Crippen LogP) is 4.13. The lowest BCUT2D eigenvalue weighted by molar-refractivity contribution is -0.117. The van der Waals surface area contributed by atoms with Crippen LogP contribution in [0.3, 0.4) is 0 Å². The summed E-state index contributed by atoms with van der Waals surface area (Å²) in [6.45, 7) is 3.73. The highest BCUT2D eigenvalue weighted by molar-refractivity contribution is 7.16. The van der Waals surface area contributed by atoms with Crippen LogP contribution in [-0.4, -0.2) is 30.8 Å². The molecular weight excluding hydrogens is 392 g/mol. The molecule has 0 saturated carbocycles. The number of hydrogen-bond acceptors (Lipinski definition) is 5. The fourth-order valence-electron chi connectivity index (χ4n) is 2.54. The summed E-state index contributed by atoms with van der Waals surface area (Å²) in [5, 5.41) is 0. The molecular formula is C18H19ClN2O3S2. The molecule has 0 radical (unpaired) electrons. The van der Waals surface area contributed by atoms with Gasteiger partial charge in [0.25, 0.3) is 5.91 Å². The van der Waals surface area contributed by atoms with Crippen molar-refractivity contribution in [3.05, 3.63) is 44.3 Å². The maximum atomic E-state index is 12.4. The van der Waals surface area contributed by atoms with Crippen LogP contribution in [-0.2, 0) is 22.5 Å². The zero-order chi connectivity index (χ0) is 18.5. The fourth-order valence-corrected chi connectivity index (χ4v) is 4.72. The Hall–Kier alpha value is -1.67. The number of ether oxygens (including phenoxy) is 2. The SMILES string of the molecule is CCOc1ccc2c(c1)sc(=NC(=O)Cc1ccc(Cl)s1)n2CCOC. The number of halogens is 1. The number of methoxy groups -OCH3 is 1. The molecule has 1 aromatic carbocycles. The third-order valence-electron chi connectivity index (χ3n) is 3.66. The highest BCUT2D eigenvalue weighted by Gasteiger charge is 2.10. The van der Waals surface area contributed by atoms with Gasteiger partial charge in [-0.3, -0.25) is 4.79 Å². The molecule has 0 spiro atoms. The van der Waals surface area contributed by atoms with Gasteiger partial charge in [0.05, 0.1) is 34.2 Å². The second-order valence-electron chi connectivity index (χ2n) is 5.48. The smallest absolute Gasteiger partial charge is 0.253 e. The summed E-state index contributed by atoms with van der Waals surface area (Å²) in [5.74, 6) is 0.623. The van der Waals surface area contributed by atoms with Crippen LogP contribution in [0.4, 0.5) is 0 Å². The maximum Gasteiger partial charge on any atom is 0.253 e. The molecule has 0 aliphatic carbocycles. The molecule has 0 aliphatic heterocycles. The number of benzene rings is 1. The number of hydrogen-bond donors (Lipinski definition) is 0. The lowest BCUT2D eigenvalue weighted by atomic mass is 10.3. The van der Waals surface area contributed by atoms with E-state index in [0.717, 1.165) is 20.8 Å². The summed E-state index contributed by atoms with van der Waals surface area (Å²) in [5.41, 5.74) is 1.02. The number of carbonyl (C=O) groups is 1. The van der Waals surface area contributed by atoms with Crippen LogP contribution in [0.1, 0.15) is 11.8 Å². The number of thiazole rings is 1. The van der Waals surface area contributed by atoms with E-state index in [0.29, 0.717) is 28.9 Å². The maximum absolute atomic E-state index is 12.4. The highest BCUT2D eigenvalue weighted by Crippen LogP contribution is 2.24. The predicted molar refractivity (Wildman–Crippen MR) is 106 cm³/mol. The van der Waals surface area contributed by atoms with E-state index in [4.69, 9.17) is 21.1 Å². The first-order valence-electron chi connectivity index (χ1n) is 8.17. The molecule has 3 rings (SSSR count). The monoisotopic (exact) mass is 410 g/mol. The minimum absolute atomic E-state index is 0.189. The van der Waals surface area contributed by atoms with Crippen LogP contribution in [0.25, 0.3) is 10.2 Å². The van der Waals surface area contributed by atoms with Crippen molar-refractivity contribution < 1.29 is 14.3 Å². The van der Waals surface area contributed by atoms with E-state index >= 15 is 0 Å². The molecule has 26 heavy (non-hydrogen) atoms. The van der Waals surface area contributed by atoms with Crippen LogP contribution < -0.4 is 9.54 Å². The molecule has 0 saturated heterocycles. The Morgan fingerprint density at radius 3 is 2.81 bits per heavy atom. The normalized spacial score (nSPS) is 12.0. The summed E-state index contributed by atoms with van der Waals surface area (Å²) < 4.78 is 14.5. The zero-order valence-electron chi connectivity index (χ0n) is 14.5. The first-order valence-corrected chi connectivity index (χ1v) is 10.2. The van der Waals surface area contributed by atoms with Gasteiger partial charge in [0.15, 0.2) is 4.80 Å². The first kappa shape index (κ1) is 19.1. The van der Waals surface area contributed by atoms with Gasteiger partial charge in [-0.2, -0.15) is 4.99 Å². The van der Waals surface area contributed by atoms with Gasteiger partial charge in [0.1, 0.15) is 5.75 Å². The van der Waals surface area contributed by atoms with E-state index < -0.39 is 0 Å². The fraction of sp³-hybridized carbons (Fsp3) is 0.333. The summed E-state index contributed by atoms with van der Waals surface area (Å²) >= 11 is 8.81. The quantitative estimate of drug-likeness (QED) is 0.588. The second-order valence-corrected chi connectivity index (χ2v) is 8.29. The van der Waals surface area contributed by atoms with Crippen molar-refractivity contribution in [1.82, 2.24) is 4.57 Å². The Bertz CT molecular complexity index is 974. The molecule has 0 bridgehead atoms. The van der Waals surface area contributed by atoms with Gasteiger partial charge in [-0.25, -0.2) is 0 Å². The lowest BCUT2D eigenvalue weighted by Gasteiger charge is -2.05. The third-order valence-corrected chi connectivity index (χ3v) is 5.93. The van der Waals surface area contributed by atoms with Crippen LogP contribution in [0, 0.1) is 0 Å². The number of nitrogens with zero attached hydrogens (tertiary/aromatic N) is 2. The summed E-state index contributed by atoms with van der Waals surface area (Å²) in [6.07, 6.45) is 0.250. The molecule has 1 amide bonds. The molecule has 2 heterocycles. The molecule has 0 N–H and O–H groups in total. The van der Waals surface area contributed by atoms with Crippen molar-refractivity contribution in [2.45, 2.75) is 19.9 Å². The van der Waals surface area contributed by atoms with Crippen molar-refractivity contribution in [3.8, 4) is 5.75 Å². The van der Waals surface area contributed by atoms with Crippen molar-refractivity contribution in [3.63, 3.8) is 0 Å². The average molecular weight is 411 g/mol. The molecule has 0 unspecified atom stereocenters. The molecule has 2 aromatic heterocycles. The van der Waals surface area contributed by atoms with Gasteiger partial charge in [0, 0.05) is 18.5 Å². The number of carbonyl (C=O) groups excluding carboxylic acids is 1. The van der Waals surface area contributed by atoms with Crippen LogP contribution in [0.5, 0.6) is 5.75 Å². The molecule has 0 atom stereocenters. The second kappa shape index (κ2) is 8.81. The van der Waals surface area contributed by atoms with E-state index in [-0.39, 0.29) is 12.3 Å². The largest absolute Gasteiger partial charge is 0.494 e. The molecule has 0 aliphatic rings. The number of thiophene rings is 1. The van der Waals surface area contributed by atoms with E-state index in [1.807, 2.05) is 35.8 Å². The van der Waals surface area contributed by atoms with Gasteiger partial charge in [-0.1, -0.05) is 22.9 Å². The van der Waals surface area contributed by atoms with Crippen molar-refractivity contribution in [1.29, 1.82) is 0 Å². The first-order chi connectivity index (χ1) is 12.6. The molecule has 3 aromatic rings. The van der Waals surface area contributed by atoms with E-state index in [2.05, 4.69) is 4.99 Å². The molecule has 138 valence electrons. The number of fused-ring (bicyclic) bond motifs is 1.